The van der Waals surface area contributed by atoms with E-state index in [0.29, 0.717) is 0 Å². The van der Waals surface area contributed by atoms with Crippen LogP contribution in [0, 0.1) is 0 Å². The Bertz CT molecular complexity index is 339. The standard InChI is InChI=1S/C16H26N2/c1-3-17-13-14-9-11-16(12-10-14)18(4-2)15-7-5-6-8-15/h9-12,15,17H,3-8,13H2,1-2H3. The summed E-state index contributed by atoms with van der Waals surface area (Å²) >= 11 is 0. The van der Waals surface area contributed by atoms with E-state index < -0.39 is 0 Å². The molecule has 0 atom stereocenters. The number of hydrogen-bond donors (Lipinski definition) is 1. The Morgan fingerprint density at radius 3 is 2.33 bits per heavy atom. The fraction of sp³-hybridized carbons (Fsp3) is 0.625. The first kappa shape index (κ1) is 13.4. The summed E-state index contributed by atoms with van der Waals surface area (Å²) in [5.41, 5.74) is 2.77. The molecule has 2 nitrogen and oxygen atoms in total. The topological polar surface area (TPSA) is 15.3 Å². The highest BCUT2D eigenvalue weighted by molar-refractivity contribution is 5.48. The SMILES string of the molecule is CCNCc1ccc(N(CC)C2CCCC2)cc1. The average molecular weight is 246 g/mol. The van der Waals surface area contributed by atoms with Gasteiger partial charge in [0.2, 0.25) is 0 Å². The van der Waals surface area contributed by atoms with Crippen LogP contribution in [-0.4, -0.2) is 19.1 Å². The van der Waals surface area contributed by atoms with Crippen LogP contribution in [0.5, 0.6) is 0 Å². The number of hydrogen-bond acceptors (Lipinski definition) is 2. The molecule has 18 heavy (non-hydrogen) atoms. The number of benzene rings is 1. The summed E-state index contributed by atoms with van der Waals surface area (Å²) in [5, 5.41) is 3.37. The minimum atomic E-state index is 0.773. The maximum absolute atomic E-state index is 3.37. The molecular formula is C16H26N2. The van der Waals surface area contributed by atoms with Gasteiger partial charge in [-0.05, 0) is 44.0 Å². The van der Waals surface area contributed by atoms with E-state index in [1.807, 2.05) is 0 Å². The van der Waals surface area contributed by atoms with Crippen molar-refractivity contribution in [3.63, 3.8) is 0 Å². The third kappa shape index (κ3) is 3.26. The van der Waals surface area contributed by atoms with Gasteiger partial charge in [-0.15, -0.1) is 0 Å². The molecule has 100 valence electrons. The minimum absolute atomic E-state index is 0.773. The smallest absolute Gasteiger partial charge is 0.0368 e. The lowest BCUT2D eigenvalue weighted by atomic mass is 10.1. The van der Waals surface area contributed by atoms with E-state index in [4.69, 9.17) is 0 Å². The molecule has 0 saturated heterocycles. The van der Waals surface area contributed by atoms with Crippen molar-refractivity contribution >= 4 is 5.69 Å². The van der Waals surface area contributed by atoms with Gasteiger partial charge < -0.3 is 10.2 Å². The molecule has 1 aromatic rings. The van der Waals surface area contributed by atoms with Gasteiger partial charge in [-0.1, -0.05) is 31.9 Å². The summed E-state index contributed by atoms with van der Waals surface area (Å²) in [7, 11) is 0. The number of nitrogens with one attached hydrogen (secondary N) is 1. The highest BCUT2D eigenvalue weighted by Gasteiger charge is 2.21. The lowest BCUT2D eigenvalue weighted by molar-refractivity contribution is 0.619. The molecule has 0 heterocycles. The Morgan fingerprint density at radius 2 is 1.78 bits per heavy atom. The lowest BCUT2D eigenvalue weighted by Gasteiger charge is -2.30. The average Bonchev–Trinajstić information content (AvgIpc) is 2.93. The van der Waals surface area contributed by atoms with Crippen molar-refractivity contribution in [2.24, 2.45) is 0 Å². The molecule has 0 aromatic heterocycles. The zero-order valence-electron chi connectivity index (χ0n) is 11.8. The Hall–Kier alpha value is -1.02. The lowest BCUT2D eigenvalue weighted by Crippen LogP contribution is -2.32. The van der Waals surface area contributed by atoms with Crippen molar-refractivity contribution < 1.29 is 0 Å². The summed E-state index contributed by atoms with van der Waals surface area (Å²) in [5.74, 6) is 0. The van der Waals surface area contributed by atoms with Gasteiger partial charge in [0.25, 0.3) is 0 Å². The van der Waals surface area contributed by atoms with Crippen LogP contribution in [0.2, 0.25) is 0 Å². The molecule has 1 aromatic carbocycles. The van der Waals surface area contributed by atoms with Crippen LogP contribution in [0.1, 0.15) is 45.1 Å². The molecule has 2 heteroatoms. The maximum atomic E-state index is 3.37. The summed E-state index contributed by atoms with van der Waals surface area (Å²) in [6.07, 6.45) is 5.54. The van der Waals surface area contributed by atoms with Gasteiger partial charge in [0, 0.05) is 24.8 Å². The van der Waals surface area contributed by atoms with Gasteiger partial charge >= 0.3 is 0 Å². The second-order valence-electron chi connectivity index (χ2n) is 5.17. The molecule has 2 rings (SSSR count). The Kier molecular flexibility index (Phi) is 5.06. The maximum Gasteiger partial charge on any atom is 0.0368 e. The summed E-state index contributed by atoms with van der Waals surface area (Å²) < 4.78 is 0. The molecule has 1 aliphatic rings. The second-order valence-corrected chi connectivity index (χ2v) is 5.17. The van der Waals surface area contributed by atoms with Gasteiger partial charge in [0.15, 0.2) is 0 Å². The number of nitrogens with zero attached hydrogens (tertiary/aromatic N) is 1. The summed E-state index contributed by atoms with van der Waals surface area (Å²) in [6, 6.07) is 9.86. The van der Waals surface area contributed by atoms with Gasteiger partial charge in [-0.3, -0.25) is 0 Å². The molecule has 0 radical (unpaired) electrons. The van der Waals surface area contributed by atoms with E-state index in [-0.39, 0.29) is 0 Å². The normalized spacial score (nSPS) is 16.1. The molecule has 1 N–H and O–H groups in total. The van der Waals surface area contributed by atoms with Gasteiger partial charge in [-0.25, -0.2) is 0 Å². The van der Waals surface area contributed by atoms with Crippen LogP contribution in [0.4, 0.5) is 5.69 Å². The molecule has 1 saturated carbocycles. The Morgan fingerprint density at radius 1 is 1.11 bits per heavy atom. The first-order chi connectivity index (χ1) is 8.85. The van der Waals surface area contributed by atoms with Crippen LogP contribution in [0.15, 0.2) is 24.3 Å². The zero-order chi connectivity index (χ0) is 12.8. The quantitative estimate of drug-likeness (QED) is 0.825. The highest BCUT2D eigenvalue weighted by Crippen LogP contribution is 2.28. The van der Waals surface area contributed by atoms with Crippen LogP contribution in [0.25, 0.3) is 0 Å². The molecule has 1 aliphatic carbocycles. The fourth-order valence-corrected chi connectivity index (χ4v) is 2.94. The van der Waals surface area contributed by atoms with E-state index in [0.717, 1.165) is 25.7 Å². The molecular weight excluding hydrogens is 220 g/mol. The van der Waals surface area contributed by atoms with E-state index >= 15 is 0 Å². The summed E-state index contributed by atoms with van der Waals surface area (Å²) in [4.78, 5) is 2.57. The van der Waals surface area contributed by atoms with E-state index in [1.165, 1.54) is 36.9 Å². The van der Waals surface area contributed by atoms with Crippen LogP contribution >= 0.6 is 0 Å². The van der Waals surface area contributed by atoms with Crippen molar-refractivity contribution in [2.75, 3.05) is 18.0 Å². The Balaban J connectivity index is 2.02. The zero-order valence-corrected chi connectivity index (χ0v) is 11.8. The Labute approximate surface area is 111 Å². The first-order valence-corrected chi connectivity index (χ1v) is 7.41. The van der Waals surface area contributed by atoms with Crippen LogP contribution in [0.3, 0.4) is 0 Å². The van der Waals surface area contributed by atoms with Crippen LogP contribution in [-0.2, 0) is 6.54 Å². The van der Waals surface area contributed by atoms with E-state index in [2.05, 4.69) is 48.3 Å². The first-order valence-electron chi connectivity index (χ1n) is 7.41. The molecule has 0 unspecified atom stereocenters. The van der Waals surface area contributed by atoms with Crippen molar-refractivity contribution in [3.8, 4) is 0 Å². The van der Waals surface area contributed by atoms with Crippen LogP contribution < -0.4 is 10.2 Å². The summed E-state index contributed by atoms with van der Waals surface area (Å²) in [6.45, 7) is 7.55. The molecule has 1 fully saturated rings. The third-order valence-corrected chi connectivity index (χ3v) is 3.95. The number of rotatable bonds is 6. The second kappa shape index (κ2) is 6.79. The minimum Gasteiger partial charge on any atom is -0.369 e. The van der Waals surface area contributed by atoms with Gasteiger partial charge in [0.1, 0.15) is 0 Å². The van der Waals surface area contributed by atoms with Crippen molar-refractivity contribution in [1.29, 1.82) is 0 Å². The molecule has 0 aliphatic heterocycles. The predicted octanol–water partition coefficient (Wildman–Crippen LogP) is 3.57. The molecule has 0 amide bonds. The van der Waals surface area contributed by atoms with Crippen molar-refractivity contribution in [1.82, 2.24) is 5.32 Å². The van der Waals surface area contributed by atoms with Crippen molar-refractivity contribution in [2.45, 2.75) is 52.1 Å². The number of anilines is 1. The van der Waals surface area contributed by atoms with Crippen molar-refractivity contribution in [3.05, 3.63) is 29.8 Å². The van der Waals surface area contributed by atoms with E-state index in [1.54, 1.807) is 0 Å². The van der Waals surface area contributed by atoms with Gasteiger partial charge in [-0.2, -0.15) is 0 Å². The largest absolute Gasteiger partial charge is 0.369 e. The molecule has 0 bridgehead atoms. The van der Waals surface area contributed by atoms with Gasteiger partial charge in [0.05, 0.1) is 0 Å². The predicted molar refractivity (Wildman–Crippen MR) is 79.1 cm³/mol. The highest BCUT2D eigenvalue weighted by atomic mass is 15.2. The fourth-order valence-electron chi connectivity index (χ4n) is 2.94. The van der Waals surface area contributed by atoms with E-state index in [9.17, 15) is 0 Å². The molecule has 0 spiro atoms. The third-order valence-electron chi connectivity index (χ3n) is 3.95. The monoisotopic (exact) mass is 246 g/mol.